The number of hydrogen-bond donors (Lipinski definition) is 1. The molecule has 2 aromatic carbocycles. The lowest BCUT2D eigenvalue weighted by atomic mass is 10.0. The van der Waals surface area contributed by atoms with Crippen LogP contribution in [0.25, 0.3) is 10.9 Å². The number of fused-ring (bicyclic) bond motifs is 1. The van der Waals surface area contributed by atoms with Gasteiger partial charge in [0.15, 0.2) is 23.2 Å². The van der Waals surface area contributed by atoms with Crippen LogP contribution < -0.4 is 0 Å². The summed E-state index contributed by atoms with van der Waals surface area (Å²) in [5.41, 5.74) is 0.371. The van der Waals surface area contributed by atoms with E-state index in [1.54, 1.807) is 18.2 Å². The molecule has 0 atom stereocenters. The van der Waals surface area contributed by atoms with Gasteiger partial charge in [-0.25, -0.2) is 13.2 Å². The number of aromatic nitrogens is 1. The molecule has 0 radical (unpaired) electrons. The third-order valence-corrected chi connectivity index (χ3v) is 3.66. The quantitative estimate of drug-likeness (QED) is 0.530. The average molecular weight is 354 g/mol. The zero-order valence-electron chi connectivity index (χ0n) is 10.4. The van der Waals surface area contributed by atoms with E-state index < -0.39 is 28.8 Å². The Hall–Kier alpha value is -2.08. The van der Waals surface area contributed by atoms with E-state index in [9.17, 15) is 18.0 Å². The van der Waals surface area contributed by atoms with Crippen molar-refractivity contribution in [2.24, 2.45) is 0 Å². The standard InChI is InChI=1S/C15H7BrF3NO/c16-7-1-4-12-9(5-7)10(6-20-12)15(21)8-2-3-11(17)14(19)13(8)18/h1-6,20H. The fourth-order valence-corrected chi connectivity index (χ4v) is 2.49. The fourth-order valence-electron chi connectivity index (χ4n) is 2.13. The number of carbonyl (C=O) groups is 1. The zero-order chi connectivity index (χ0) is 15.1. The molecule has 0 amide bonds. The lowest BCUT2D eigenvalue weighted by Crippen LogP contribution is -2.06. The second-order valence-electron chi connectivity index (χ2n) is 4.44. The molecule has 3 aromatic rings. The SMILES string of the molecule is O=C(c1ccc(F)c(F)c1F)c1c[nH]c2ccc(Br)cc12. The normalized spacial score (nSPS) is 11.0. The van der Waals surface area contributed by atoms with E-state index in [-0.39, 0.29) is 5.56 Å². The Kier molecular flexibility index (Phi) is 3.33. The predicted octanol–water partition coefficient (Wildman–Crippen LogP) is 4.58. The number of carbonyl (C=O) groups excluding carboxylic acids is 1. The van der Waals surface area contributed by atoms with Crippen LogP contribution >= 0.6 is 15.9 Å². The molecule has 2 nitrogen and oxygen atoms in total. The van der Waals surface area contributed by atoms with Crippen molar-refractivity contribution in [3.05, 3.63) is 69.6 Å². The van der Waals surface area contributed by atoms with Crippen LogP contribution in [-0.4, -0.2) is 10.8 Å². The van der Waals surface area contributed by atoms with E-state index in [2.05, 4.69) is 20.9 Å². The third kappa shape index (κ3) is 2.25. The molecule has 0 aliphatic carbocycles. The van der Waals surface area contributed by atoms with Crippen molar-refractivity contribution in [3.63, 3.8) is 0 Å². The van der Waals surface area contributed by atoms with Gasteiger partial charge in [-0.1, -0.05) is 15.9 Å². The lowest BCUT2D eigenvalue weighted by molar-refractivity contribution is 0.103. The van der Waals surface area contributed by atoms with Crippen molar-refractivity contribution in [1.29, 1.82) is 0 Å². The molecule has 0 aliphatic rings. The molecule has 21 heavy (non-hydrogen) atoms. The summed E-state index contributed by atoms with van der Waals surface area (Å²) in [4.78, 5) is 15.2. The maximum atomic E-state index is 13.7. The number of halogens is 4. The van der Waals surface area contributed by atoms with E-state index in [0.29, 0.717) is 10.9 Å². The molecule has 0 bridgehead atoms. The van der Waals surface area contributed by atoms with Gasteiger partial charge in [-0.3, -0.25) is 4.79 Å². The number of H-pyrrole nitrogens is 1. The average Bonchev–Trinajstić information content (AvgIpc) is 2.87. The van der Waals surface area contributed by atoms with E-state index in [0.717, 1.165) is 16.6 Å². The lowest BCUT2D eigenvalue weighted by Gasteiger charge is -2.03. The first kappa shape index (κ1) is 13.9. The topological polar surface area (TPSA) is 32.9 Å². The van der Waals surface area contributed by atoms with Crippen molar-refractivity contribution in [2.45, 2.75) is 0 Å². The highest BCUT2D eigenvalue weighted by Crippen LogP contribution is 2.26. The highest BCUT2D eigenvalue weighted by atomic mass is 79.9. The van der Waals surface area contributed by atoms with Crippen LogP contribution in [0.3, 0.4) is 0 Å². The number of ketones is 1. The van der Waals surface area contributed by atoms with Crippen molar-refractivity contribution >= 4 is 32.6 Å². The van der Waals surface area contributed by atoms with E-state index in [1.165, 1.54) is 6.20 Å². The molecular formula is C15H7BrF3NO. The Morgan fingerprint density at radius 1 is 1.00 bits per heavy atom. The van der Waals surface area contributed by atoms with Gasteiger partial charge in [0.1, 0.15) is 0 Å². The summed E-state index contributed by atoms with van der Waals surface area (Å²) in [7, 11) is 0. The van der Waals surface area contributed by atoms with Gasteiger partial charge in [0.05, 0.1) is 5.56 Å². The number of aromatic amines is 1. The molecule has 1 N–H and O–H groups in total. The highest BCUT2D eigenvalue weighted by molar-refractivity contribution is 9.10. The molecule has 106 valence electrons. The van der Waals surface area contributed by atoms with Crippen LogP contribution in [0.4, 0.5) is 13.2 Å². The Labute approximate surface area is 125 Å². The van der Waals surface area contributed by atoms with Gasteiger partial charge < -0.3 is 4.98 Å². The molecule has 1 heterocycles. The number of benzene rings is 2. The largest absolute Gasteiger partial charge is 0.360 e. The van der Waals surface area contributed by atoms with Gasteiger partial charge in [0.25, 0.3) is 0 Å². The van der Waals surface area contributed by atoms with Crippen molar-refractivity contribution in [3.8, 4) is 0 Å². The van der Waals surface area contributed by atoms with Gasteiger partial charge in [0, 0.05) is 27.1 Å². The van der Waals surface area contributed by atoms with Crippen molar-refractivity contribution in [2.75, 3.05) is 0 Å². The van der Waals surface area contributed by atoms with Crippen LogP contribution in [0.1, 0.15) is 15.9 Å². The van der Waals surface area contributed by atoms with E-state index >= 15 is 0 Å². The Morgan fingerprint density at radius 2 is 1.76 bits per heavy atom. The van der Waals surface area contributed by atoms with E-state index in [4.69, 9.17) is 0 Å². The molecule has 0 unspecified atom stereocenters. The molecule has 0 saturated carbocycles. The summed E-state index contributed by atoms with van der Waals surface area (Å²) in [5, 5.41) is 0.568. The first-order chi connectivity index (χ1) is 9.99. The molecule has 3 rings (SSSR count). The van der Waals surface area contributed by atoms with Gasteiger partial charge in [-0.2, -0.15) is 0 Å². The maximum absolute atomic E-state index is 13.7. The minimum atomic E-state index is -1.65. The summed E-state index contributed by atoms with van der Waals surface area (Å²) < 4.78 is 40.7. The molecule has 0 saturated heterocycles. The summed E-state index contributed by atoms with van der Waals surface area (Å²) >= 11 is 3.28. The second-order valence-corrected chi connectivity index (χ2v) is 5.36. The summed E-state index contributed by atoms with van der Waals surface area (Å²) in [6.45, 7) is 0. The summed E-state index contributed by atoms with van der Waals surface area (Å²) in [6, 6.07) is 6.89. The van der Waals surface area contributed by atoms with Crippen LogP contribution in [0.5, 0.6) is 0 Å². The van der Waals surface area contributed by atoms with Crippen LogP contribution in [0.15, 0.2) is 41.0 Å². The van der Waals surface area contributed by atoms with Crippen molar-refractivity contribution in [1.82, 2.24) is 4.98 Å². The van der Waals surface area contributed by atoms with Crippen LogP contribution in [-0.2, 0) is 0 Å². The minimum absolute atomic E-state index is 0.191. The van der Waals surface area contributed by atoms with Crippen LogP contribution in [0.2, 0.25) is 0 Å². The molecule has 0 spiro atoms. The zero-order valence-corrected chi connectivity index (χ0v) is 12.0. The van der Waals surface area contributed by atoms with Gasteiger partial charge in [0.2, 0.25) is 0 Å². The smallest absolute Gasteiger partial charge is 0.198 e. The maximum Gasteiger partial charge on any atom is 0.198 e. The summed E-state index contributed by atoms with van der Waals surface area (Å²) in [6.07, 6.45) is 1.42. The third-order valence-electron chi connectivity index (χ3n) is 3.17. The molecule has 0 aliphatic heterocycles. The Bertz CT molecular complexity index is 873. The number of hydrogen-bond acceptors (Lipinski definition) is 1. The summed E-state index contributed by atoms with van der Waals surface area (Å²) in [5.74, 6) is -5.17. The highest BCUT2D eigenvalue weighted by Gasteiger charge is 2.22. The number of rotatable bonds is 2. The monoisotopic (exact) mass is 353 g/mol. The molecule has 1 aromatic heterocycles. The van der Waals surface area contributed by atoms with Gasteiger partial charge in [-0.15, -0.1) is 0 Å². The second kappa shape index (κ2) is 5.04. The van der Waals surface area contributed by atoms with Crippen molar-refractivity contribution < 1.29 is 18.0 Å². The first-order valence-corrected chi connectivity index (χ1v) is 6.73. The fraction of sp³-hybridized carbons (Fsp3) is 0. The Balaban J connectivity index is 2.17. The number of nitrogens with one attached hydrogen (secondary N) is 1. The minimum Gasteiger partial charge on any atom is -0.360 e. The van der Waals surface area contributed by atoms with Crippen LogP contribution in [0, 0.1) is 17.5 Å². The molecule has 6 heteroatoms. The first-order valence-electron chi connectivity index (χ1n) is 5.94. The molecular weight excluding hydrogens is 347 g/mol. The Morgan fingerprint density at radius 3 is 2.52 bits per heavy atom. The van der Waals surface area contributed by atoms with Gasteiger partial charge in [-0.05, 0) is 30.3 Å². The predicted molar refractivity (Wildman–Crippen MR) is 75.7 cm³/mol. The van der Waals surface area contributed by atoms with Gasteiger partial charge >= 0.3 is 0 Å². The van der Waals surface area contributed by atoms with E-state index in [1.807, 2.05) is 0 Å². The molecule has 0 fully saturated rings.